The lowest BCUT2D eigenvalue weighted by molar-refractivity contribution is -0.890. The van der Waals surface area contributed by atoms with Gasteiger partial charge < -0.3 is 9.38 Å². The molecule has 0 aliphatic carbocycles. The van der Waals surface area contributed by atoms with Gasteiger partial charge in [0.15, 0.2) is 0 Å². The van der Waals surface area contributed by atoms with E-state index in [2.05, 4.69) is 113 Å². The van der Waals surface area contributed by atoms with Gasteiger partial charge in [0.1, 0.15) is 0 Å². The van der Waals surface area contributed by atoms with Gasteiger partial charge in [-0.25, -0.2) is 0 Å². The van der Waals surface area contributed by atoms with E-state index in [9.17, 15) is 4.79 Å². The molecule has 0 bridgehead atoms. The van der Waals surface area contributed by atoms with Gasteiger partial charge in [-0.2, -0.15) is 0 Å². The summed E-state index contributed by atoms with van der Waals surface area (Å²) in [5.41, 5.74) is 0. The van der Waals surface area contributed by atoms with Gasteiger partial charge in [0.2, 0.25) is 5.91 Å². The number of hydrogen-bond donors (Lipinski definition) is 0. The van der Waals surface area contributed by atoms with Crippen LogP contribution in [0.15, 0.2) is 72.9 Å². The van der Waals surface area contributed by atoms with Gasteiger partial charge in [-0.05, 0) is 122 Å². The van der Waals surface area contributed by atoms with Crippen molar-refractivity contribution in [2.24, 2.45) is 0 Å². The highest BCUT2D eigenvalue weighted by Crippen LogP contribution is 2.15. The third kappa shape index (κ3) is 47.4. The van der Waals surface area contributed by atoms with Gasteiger partial charge in [0, 0.05) is 25.9 Å². The van der Waals surface area contributed by atoms with Crippen molar-refractivity contribution in [1.82, 2.24) is 4.90 Å². The summed E-state index contributed by atoms with van der Waals surface area (Å²) in [4.78, 5) is 15.8. The van der Waals surface area contributed by atoms with E-state index in [-0.39, 0.29) is 0 Å². The summed E-state index contributed by atoms with van der Waals surface area (Å²) >= 11 is 0. The molecule has 0 radical (unpaired) electrons. The van der Waals surface area contributed by atoms with Crippen molar-refractivity contribution in [1.29, 1.82) is 0 Å². The van der Waals surface area contributed by atoms with Crippen LogP contribution in [0.3, 0.4) is 0 Å². The second-order valence-electron chi connectivity index (χ2n) is 19.3. The SMILES string of the molecule is CCCCC/C=C\C/C=C\CCCCCCCCN(CCC[N+](C)(C)CCCCCCCC/C=C\C/C=C\CCCCC)C(=O)CCCCCCC/C=C\C/C=C\CCCCC. The van der Waals surface area contributed by atoms with E-state index in [0.29, 0.717) is 5.91 Å². The van der Waals surface area contributed by atoms with E-state index in [1.165, 1.54) is 199 Å². The van der Waals surface area contributed by atoms with Crippen molar-refractivity contribution in [2.45, 2.75) is 258 Å². The smallest absolute Gasteiger partial charge is 0.222 e. The molecule has 0 heterocycles. The second-order valence-corrected chi connectivity index (χ2v) is 19.3. The zero-order valence-corrected chi connectivity index (χ0v) is 42.7. The number of nitrogens with zero attached hydrogens (tertiary/aromatic N) is 2. The molecule has 0 unspecified atom stereocenters. The fraction of sp³-hybridized carbons (Fsp3) is 0.780. The fourth-order valence-electron chi connectivity index (χ4n) is 8.23. The van der Waals surface area contributed by atoms with Crippen LogP contribution in [0.5, 0.6) is 0 Å². The highest BCUT2D eigenvalue weighted by Gasteiger charge is 2.18. The van der Waals surface area contributed by atoms with Crippen LogP contribution in [0, 0.1) is 0 Å². The van der Waals surface area contributed by atoms with Crippen molar-refractivity contribution in [3.05, 3.63) is 72.9 Å². The predicted molar refractivity (Wildman–Crippen MR) is 281 cm³/mol. The molecule has 0 fully saturated rings. The number of amides is 1. The normalized spacial score (nSPS) is 12.7. The van der Waals surface area contributed by atoms with E-state index >= 15 is 0 Å². The van der Waals surface area contributed by atoms with Gasteiger partial charge in [-0.1, -0.05) is 196 Å². The first-order valence-electron chi connectivity index (χ1n) is 27.5. The minimum absolute atomic E-state index is 0.411. The van der Waals surface area contributed by atoms with Crippen molar-refractivity contribution in [3.8, 4) is 0 Å². The molecular formula is C59H109N2O+. The Morgan fingerprint density at radius 1 is 0.339 bits per heavy atom. The minimum atomic E-state index is 0.411. The Balaban J connectivity index is 4.44. The molecule has 0 atom stereocenters. The molecule has 1 amide bonds. The molecule has 0 aromatic heterocycles. The predicted octanol–water partition coefficient (Wildman–Crippen LogP) is 18.7. The first-order chi connectivity index (χ1) is 30.5. The number of carbonyl (C=O) groups excluding carboxylic acids is 1. The van der Waals surface area contributed by atoms with Crippen molar-refractivity contribution in [2.75, 3.05) is 40.3 Å². The van der Waals surface area contributed by atoms with Crippen LogP contribution in [-0.2, 0) is 4.79 Å². The Morgan fingerprint density at radius 3 is 1.02 bits per heavy atom. The van der Waals surface area contributed by atoms with Crippen LogP contribution in [0.25, 0.3) is 0 Å². The number of quaternary nitrogens is 1. The van der Waals surface area contributed by atoms with E-state index in [0.717, 1.165) is 69.1 Å². The molecule has 0 saturated heterocycles. The molecule has 0 aliphatic heterocycles. The Morgan fingerprint density at radius 2 is 0.629 bits per heavy atom. The maximum absolute atomic E-state index is 13.6. The average molecular weight is 863 g/mol. The number of carbonyl (C=O) groups is 1. The lowest BCUT2D eigenvalue weighted by Crippen LogP contribution is -2.43. The molecule has 0 saturated carbocycles. The van der Waals surface area contributed by atoms with E-state index in [1.54, 1.807) is 0 Å². The Hall–Kier alpha value is -2.13. The molecule has 0 aromatic rings. The summed E-state index contributed by atoms with van der Waals surface area (Å²) in [7, 11) is 4.81. The van der Waals surface area contributed by atoms with Crippen molar-refractivity contribution in [3.63, 3.8) is 0 Å². The van der Waals surface area contributed by atoms with Crippen LogP contribution >= 0.6 is 0 Å². The molecule has 3 heteroatoms. The number of allylic oxidation sites excluding steroid dienone is 12. The van der Waals surface area contributed by atoms with Gasteiger partial charge in [-0.15, -0.1) is 0 Å². The molecule has 0 rings (SSSR count). The largest absolute Gasteiger partial charge is 0.342 e. The van der Waals surface area contributed by atoms with E-state index < -0.39 is 0 Å². The monoisotopic (exact) mass is 862 g/mol. The summed E-state index contributed by atoms with van der Waals surface area (Å²) in [6.45, 7) is 11.1. The van der Waals surface area contributed by atoms with Crippen molar-refractivity contribution >= 4 is 5.91 Å². The molecule has 0 N–H and O–H groups in total. The van der Waals surface area contributed by atoms with Gasteiger partial charge in [0.05, 0.1) is 27.2 Å². The maximum atomic E-state index is 13.6. The summed E-state index contributed by atoms with van der Waals surface area (Å²) in [6.07, 6.45) is 74.4. The number of hydrogen-bond acceptors (Lipinski definition) is 1. The Labute approximate surface area is 390 Å². The lowest BCUT2D eigenvalue weighted by Gasteiger charge is -2.31. The molecule has 360 valence electrons. The Kier molecular flexibility index (Phi) is 48.2. The molecular weight excluding hydrogens is 753 g/mol. The summed E-state index contributed by atoms with van der Waals surface area (Å²) in [5.74, 6) is 0.411. The molecule has 0 aliphatic rings. The molecule has 3 nitrogen and oxygen atoms in total. The highest BCUT2D eigenvalue weighted by atomic mass is 16.2. The zero-order chi connectivity index (χ0) is 45.1. The van der Waals surface area contributed by atoms with Crippen LogP contribution in [-0.4, -0.2) is 55.6 Å². The lowest BCUT2D eigenvalue weighted by atomic mass is 10.1. The fourth-order valence-corrected chi connectivity index (χ4v) is 8.23. The third-order valence-electron chi connectivity index (χ3n) is 12.5. The number of rotatable bonds is 48. The third-order valence-corrected chi connectivity index (χ3v) is 12.5. The van der Waals surface area contributed by atoms with Crippen LogP contribution in [0.1, 0.15) is 258 Å². The topological polar surface area (TPSA) is 20.3 Å². The standard InChI is InChI=1S/C59H109N2O/c1-6-9-12-15-18-21-24-27-30-33-36-39-42-45-48-51-55-60(59(62)54-50-47-44-41-38-35-32-29-26-23-20-17-14-11-8-3)56-53-58-61(4,5)57-52-49-46-43-40-37-34-31-28-25-22-19-16-13-10-7-2/h18-23,27-32H,6-17,24-26,33-58H2,1-5H3/q+1/b21-18-,22-19-,23-20-,30-27-,31-28-,32-29-. The van der Waals surface area contributed by atoms with Crippen molar-refractivity contribution < 1.29 is 9.28 Å². The quantitative estimate of drug-likeness (QED) is 0.0339. The van der Waals surface area contributed by atoms with Gasteiger partial charge >= 0.3 is 0 Å². The van der Waals surface area contributed by atoms with Gasteiger partial charge in [-0.3, -0.25) is 4.79 Å². The zero-order valence-electron chi connectivity index (χ0n) is 42.7. The first-order valence-corrected chi connectivity index (χ1v) is 27.5. The Bertz CT molecular complexity index is 1090. The first kappa shape index (κ1) is 59.9. The molecule has 0 aromatic carbocycles. The van der Waals surface area contributed by atoms with E-state index in [4.69, 9.17) is 0 Å². The second kappa shape index (κ2) is 49.9. The van der Waals surface area contributed by atoms with Crippen LogP contribution < -0.4 is 0 Å². The van der Waals surface area contributed by atoms with E-state index in [1.807, 2.05) is 0 Å². The molecule has 62 heavy (non-hydrogen) atoms. The number of unbranched alkanes of at least 4 members (excludes halogenated alkanes) is 26. The maximum Gasteiger partial charge on any atom is 0.222 e. The van der Waals surface area contributed by atoms with Crippen LogP contribution in [0.2, 0.25) is 0 Å². The highest BCUT2D eigenvalue weighted by molar-refractivity contribution is 5.76. The van der Waals surface area contributed by atoms with Crippen LogP contribution in [0.4, 0.5) is 0 Å². The summed E-state index contributed by atoms with van der Waals surface area (Å²) < 4.78 is 1.08. The summed E-state index contributed by atoms with van der Waals surface area (Å²) in [6, 6.07) is 0. The molecule has 0 spiro atoms. The minimum Gasteiger partial charge on any atom is -0.342 e. The average Bonchev–Trinajstić information content (AvgIpc) is 3.26. The van der Waals surface area contributed by atoms with Gasteiger partial charge in [0.25, 0.3) is 0 Å². The summed E-state index contributed by atoms with van der Waals surface area (Å²) in [5, 5.41) is 0.